The van der Waals surface area contributed by atoms with Gasteiger partial charge in [0.2, 0.25) is 5.91 Å². The zero-order valence-electron chi connectivity index (χ0n) is 19.1. The number of hydrogen-bond acceptors (Lipinski definition) is 3. The van der Waals surface area contributed by atoms with Gasteiger partial charge in [-0.1, -0.05) is 36.4 Å². The van der Waals surface area contributed by atoms with Crippen LogP contribution in [0.25, 0.3) is 28.1 Å². The van der Waals surface area contributed by atoms with E-state index in [2.05, 4.69) is 10.4 Å². The highest BCUT2D eigenvalue weighted by Gasteiger charge is 2.35. The summed E-state index contributed by atoms with van der Waals surface area (Å²) in [5.74, 6) is -0.289. The summed E-state index contributed by atoms with van der Waals surface area (Å²) in [5.41, 5.74) is 5.96. The average Bonchev–Trinajstić information content (AvgIpc) is 3.31. The van der Waals surface area contributed by atoms with Gasteiger partial charge >= 0.3 is 12.4 Å². The summed E-state index contributed by atoms with van der Waals surface area (Å²) in [6.45, 7) is 0.179. The predicted molar refractivity (Wildman–Crippen MR) is 127 cm³/mol. The summed E-state index contributed by atoms with van der Waals surface area (Å²) in [6.07, 6.45) is -9.01. The first-order valence-electron chi connectivity index (χ1n) is 11.0. The second kappa shape index (κ2) is 10.1. The Kier molecular flexibility index (Phi) is 7.08. The van der Waals surface area contributed by atoms with Crippen LogP contribution in [0.5, 0.6) is 0 Å². The van der Waals surface area contributed by atoms with Crippen LogP contribution in [-0.2, 0) is 17.1 Å². The van der Waals surface area contributed by atoms with Crippen LogP contribution in [0.15, 0.2) is 78.9 Å². The molecule has 11 heteroatoms. The Balaban J connectivity index is 1.66. The fraction of sp³-hybridized carbons (Fsp3) is 0.154. The first-order valence-corrected chi connectivity index (χ1v) is 11.0. The number of nitrogens with one attached hydrogen (secondary N) is 1. The zero-order valence-corrected chi connectivity index (χ0v) is 19.1. The molecule has 192 valence electrons. The lowest BCUT2D eigenvalue weighted by atomic mass is 10.0. The van der Waals surface area contributed by atoms with E-state index in [1.165, 1.54) is 36.4 Å². The molecule has 0 aliphatic carbocycles. The Morgan fingerprint density at radius 1 is 0.784 bits per heavy atom. The smallest absolute Gasteiger partial charge is 0.330 e. The molecule has 0 saturated heterocycles. The van der Waals surface area contributed by atoms with Crippen LogP contribution in [0.2, 0.25) is 0 Å². The second-order valence-electron chi connectivity index (χ2n) is 8.11. The number of benzene rings is 3. The molecule has 4 aromatic rings. The molecule has 1 heterocycles. The van der Waals surface area contributed by atoms with Crippen LogP contribution in [0.3, 0.4) is 0 Å². The van der Waals surface area contributed by atoms with Crippen molar-refractivity contribution in [3.05, 3.63) is 90.1 Å². The Hall–Kier alpha value is -4.12. The van der Waals surface area contributed by atoms with E-state index in [9.17, 15) is 31.1 Å². The lowest BCUT2D eigenvalue weighted by molar-refractivity contribution is -0.141. The fourth-order valence-corrected chi connectivity index (χ4v) is 3.65. The molecule has 3 aromatic carbocycles. The lowest BCUT2D eigenvalue weighted by Gasteiger charge is -2.11. The van der Waals surface area contributed by atoms with Crippen molar-refractivity contribution >= 4 is 11.6 Å². The number of amides is 1. The molecule has 0 radical (unpaired) electrons. The second-order valence-corrected chi connectivity index (χ2v) is 8.11. The Morgan fingerprint density at radius 2 is 1.32 bits per heavy atom. The molecule has 4 rings (SSSR count). The summed E-state index contributed by atoms with van der Waals surface area (Å²) in [4.78, 5) is 11.7. The zero-order chi connectivity index (χ0) is 26.8. The maximum atomic E-state index is 13.5. The standard InChI is InChI=1S/C26H20F6N4O/c27-25(28,29)19-7-5-17(6-8-19)16-1-3-18(4-2-16)22-15-23(26(30,31)32)35-36(22)21-11-9-20(10-12-21)34-24(37)13-14-33/h1-12,15H,13-14,33H2,(H,34,37). The molecule has 0 aliphatic heterocycles. The third-order valence-corrected chi connectivity index (χ3v) is 5.49. The van der Waals surface area contributed by atoms with Gasteiger partial charge in [0, 0.05) is 24.2 Å². The molecule has 0 bridgehead atoms. The molecule has 37 heavy (non-hydrogen) atoms. The van der Waals surface area contributed by atoms with Gasteiger partial charge in [-0.2, -0.15) is 31.4 Å². The quantitative estimate of drug-likeness (QED) is 0.285. The molecule has 0 aliphatic rings. The normalized spacial score (nSPS) is 12.0. The van der Waals surface area contributed by atoms with Gasteiger partial charge in [-0.05, 0) is 53.6 Å². The highest BCUT2D eigenvalue weighted by Crippen LogP contribution is 2.35. The van der Waals surface area contributed by atoms with Crippen molar-refractivity contribution in [2.75, 3.05) is 11.9 Å². The molecule has 0 fully saturated rings. The van der Waals surface area contributed by atoms with Crippen molar-refractivity contribution in [3.63, 3.8) is 0 Å². The first kappa shape index (κ1) is 26.0. The fourth-order valence-electron chi connectivity index (χ4n) is 3.65. The van der Waals surface area contributed by atoms with E-state index in [-0.39, 0.29) is 24.6 Å². The SMILES string of the molecule is NCCC(=O)Nc1ccc(-n2nc(C(F)(F)F)cc2-c2ccc(-c3ccc(C(F)(F)F)cc3)cc2)cc1. The van der Waals surface area contributed by atoms with Crippen molar-refractivity contribution in [3.8, 4) is 28.1 Å². The van der Waals surface area contributed by atoms with E-state index in [1.807, 2.05) is 0 Å². The summed E-state index contributed by atoms with van der Waals surface area (Å²) in [6, 6.07) is 18.0. The maximum Gasteiger partial charge on any atom is 0.435 e. The summed E-state index contributed by atoms with van der Waals surface area (Å²) in [7, 11) is 0. The van der Waals surface area contributed by atoms with Gasteiger partial charge in [0.25, 0.3) is 0 Å². The molecule has 0 spiro atoms. The topological polar surface area (TPSA) is 72.9 Å². The van der Waals surface area contributed by atoms with E-state index in [0.29, 0.717) is 28.1 Å². The van der Waals surface area contributed by atoms with Gasteiger partial charge in [0.1, 0.15) is 0 Å². The largest absolute Gasteiger partial charge is 0.435 e. The van der Waals surface area contributed by atoms with Crippen LogP contribution >= 0.6 is 0 Å². The average molecular weight is 518 g/mol. The highest BCUT2D eigenvalue weighted by atomic mass is 19.4. The van der Waals surface area contributed by atoms with Crippen molar-refractivity contribution in [2.24, 2.45) is 5.73 Å². The van der Waals surface area contributed by atoms with Crippen molar-refractivity contribution in [1.82, 2.24) is 9.78 Å². The number of carbonyl (C=O) groups excluding carboxylic acids is 1. The minimum Gasteiger partial charge on any atom is -0.330 e. The molecule has 0 unspecified atom stereocenters. The van der Waals surface area contributed by atoms with Crippen molar-refractivity contribution in [2.45, 2.75) is 18.8 Å². The first-order chi connectivity index (χ1) is 17.5. The monoisotopic (exact) mass is 518 g/mol. The van der Waals surface area contributed by atoms with E-state index < -0.39 is 23.6 Å². The number of nitrogens with zero attached hydrogens (tertiary/aromatic N) is 2. The van der Waals surface area contributed by atoms with Gasteiger partial charge in [0.05, 0.1) is 16.9 Å². The molecule has 0 atom stereocenters. The maximum absolute atomic E-state index is 13.5. The number of nitrogens with two attached hydrogens (primary N) is 1. The summed E-state index contributed by atoms with van der Waals surface area (Å²) in [5, 5.41) is 6.38. The number of hydrogen-bond donors (Lipinski definition) is 2. The number of anilines is 1. The van der Waals surface area contributed by atoms with Gasteiger partial charge in [0.15, 0.2) is 5.69 Å². The van der Waals surface area contributed by atoms with Crippen molar-refractivity contribution in [1.29, 1.82) is 0 Å². The number of aromatic nitrogens is 2. The van der Waals surface area contributed by atoms with E-state index in [1.54, 1.807) is 24.3 Å². The molecule has 3 N–H and O–H groups in total. The van der Waals surface area contributed by atoms with Gasteiger partial charge in [-0.25, -0.2) is 4.68 Å². The van der Waals surface area contributed by atoms with Gasteiger partial charge in [-0.15, -0.1) is 0 Å². The Morgan fingerprint density at radius 3 is 1.84 bits per heavy atom. The predicted octanol–water partition coefficient (Wildman–Crippen LogP) is 6.53. The van der Waals surface area contributed by atoms with Crippen LogP contribution in [0.1, 0.15) is 17.7 Å². The third-order valence-electron chi connectivity index (χ3n) is 5.49. The molecular formula is C26H20F6N4O. The van der Waals surface area contributed by atoms with E-state index in [0.717, 1.165) is 22.9 Å². The van der Waals surface area contributed by atoms with E-state index in [4.69, 9.17) is 5.73 Å². The van der Waals surface area contributed by atoms with E-state index >= 15 is 0 Å². The molecule has 0 saturated carbocycles. The molecule has 5 nitrogen and oxygen atoms in total. The summed E-state index contributed by atoms with van der Waals surface area (Å²) >= 11 is 0. The Labute approximate surface area is 207 Å². The van der Waals surface area contributed by atoms with Gasteiger partial charge < -0.3 is 11.1 Å². The van der Waals surface area contributed by atoms with Crippen LogP contribution in [0.4, 0.5) is 32.0 Å². The number of halogens is 6. The molecule has 1 aromatic heterocycles. The highest BCUT2D eigenvalue weighted by molar-refractivity contribution is 5.90. The minimum atomic E-state index is -4.68. The van der Waals surface area contributed by atoms with Crippen LogP contribution in [0, 0.1) is 0 Å². The van der Waals surface area contributed by atoms with Gasteiger partial charge in [-0.3, -0.25) is 4.79 Å². The van der Waals surface area contributed by atoms with Crippen LogP contribution in [-0.4, -0.2) is 22.2 Å². The third kappa shape index (κ3) is 6.00. The number of alkyl halides is 6. The van der Waals surface area contributed by atoms with Crippen LogP contribution < -0.4 is 11.1 Å². The summed E-state index contributed by atoms with van der Waals surface area (Å²) < 4.78 is 80.1. The lowest BCUT2D eigenvalue weighted by Crippen LogP contribution is -2.16. The molecular weight excluding hydrogens is 498 g/mol. The molecule has 1 amide bonds. The number of rotatable bonds is 6. The number of carbonyl (C=O) groups is 1. The minimum absolute atomic E-state index is 0.127. The van der Waals surface area contributed by atoms with Crippen molar-refractivity contribution < 1.29 is 31.1 Å². The Bertz CT molecular complexity index is 1370.